The van der Waals surface area contributed by atoms with Gasteiger partial charge in [-0.1, -0.05) is 27.7 Å². The van der Waals surface area contributed by atoms with E-state index < -0.39 is 390 Å². The van der Waals surface area contributed by atoms with Crippen LogP contribution in [0.25, 0.3) is 0 Å². The van der Waals surface area contributed by atoms with Crippen LogP contribution in [0.15, 0.2) is 0 Å². The first-order valence-electron chi connectivity index (χ1n) is 38.9. The van der Waals surface area contributed by atoms with Crippen molar-refractivity contribution in [2.45, 2.75) is 329 Å². The van der Waals surface area contributed by atoms with Gasteiger partial charge < -0.3 is 234 Å². The average Bonchev–Trinajstić information content (AvgIpc) is 0.762. The molecule has 682 valence electrons. The van der Waals surface area contributed by atoms with E-state index in [0.717, 1.165) is 0 Å². The van der Waals surface area contributed by atoms with Crippen molar-refractivity contribution in [1.82, 2.24) is 0 Å². The minimum Gasteiger partial charge on any atom is -0.477 e. The molecule has 9 saturated heterocycles. The minimum absolute atomic E-state index is 0.266. The van der Waals surface area contributed by atoms with Gasteiger partial charge in [0.15, 0.2) is 44.0 Å². The highest BCUT2D eigenvalue weighted by atomic mass is 16.8. The summed E-state index contributed by atoms with van der Waals surface area (Å²) in [5.41, 5.74) is 6.00. The summed E-state index contributed by atoms with van der Waals surface area (Å²) in [6, 6.07) is -1.64. The summed E-state index contributed by atoms with van der Waals surface area (Å²) in [6.45, 7) is -2.31. The molecule has 48 heteroatoms. The average molecular weight is 1710 g/mol. The molecule has 0 bridgehead atoms. The van der Waals surface area contributed by atoms with Gasteiger partial charge in [-0.05, 0) is 13.3 Å². The topological polar surface area (TPSA) is 776 Å². The van der Waals surface area contributed by atoms with Crippen LogP contribution in [0.4, 0.5) is 0 Å². The summed E-state index contributed by atoms with van der Waals surface area (Å²) in [4.78, 5) is 13.1. The molecule has 30 N–H and O–H groups in total. The Morgan fingerprint density at radius 3 is 1.26 bits per heavy atom. The molecule has 0 amide bonds. The van der Waals surface area contributed by atoms with Crippen LogP contribution in [0.1, 0.15) is 47.5 Å². The lowest BCUT2D eigenvalue weighted by atomic mass is 9.76. The van der Waals surface area contributed by atoms with E-state index in [1.165, 1.54) is 20.8 Å². The molecule has 1 saturated carbocycles. The monoisotopic (exact) mass is 1710 g/mol. The predicted octanol–water partition coefficient (Wildman–Crippen LogP) is -16.8. The molecule has 0 aromatic heterocycles. The number of aliphatic hydroxyl groups is 27. The highest BCUT2D eigenvalue weighted by Gasteiger charge is 2.63. The Hall–Kier alpha value is -2.37. The number of carboxylic acids is 1. The fraction of sp³-hybridized carbons (Fsp3) is 0.986. The van der Waals surface area contributed by atoms with E-state index in [0.29, 0.717) is 0 Å². The van der Waals surface area contributed by atoms with Gasteiger partial charge in [-0.25, -0.2) is 4.79 Å². The second kappa shape index (κ2) is 41.4. The molecule has 10 rings (SSSR count). The Morgan fingerprint density at radius 1 is 0.376 bits per heavy atom. The highest BCUT2D eigenvalue weighted by Crippen LogP contribution is 2.44. The van der Waals surface area contributed by atoms with Gasteiger partial charge in [0.05, 0.1) is 114 Å². The van der Waals surface area contributed by atoms with Gasteiger partial charge in [-0.15, -0.1) is 0 Å². The Bertz CT molecular complexity index is 3020. The standard InChI is InChI=1S/C69H119NO47/c1-18-22(5)101-31(14-77)53(36(18)82)111-61-20(3)38(84)54(32(15-78)107-61)112-64-50(96)57(45(91)34(109-64)17-100-66-59(47(93)42(88)28(11-74)105-66)102-26-6-23(8-71)52(37(83)19(26)2)110-63-49(95)46(92)41(87)27(10-73)103-63)114-67-60(48(94)43(89)29(12-75)106-67)115-62-21(4)39(85)55(33(16-79)108-62)113-65-51(97)58(44(90)30(13-76)104-65)117-69(68(98)99)7-24(80)35(70)56(116-69)40(86)25(81)9-72/h18-67,71-97H,6-17,70H2,1-5H3,(H,98,99)/t18-,19?,20+,21+,22+,23+,24-,25-,26-,27?,28?,29-,30?,31?,32?,33?,34?,35-,36?,37?,38?,39?,40-,41+,42-,43-,44+,45-,46?,47?,48?,49+,50?,51+,52-,53-,54-,55-,56?,57?,58?,59-,60?,61+,62+,63+,64+,65+,66+,67-,69+/m1/s1. The molecule has 10 aliphatic rings. The number of ether oxygens (including phenoxy) is 18. The van der Waals surface area contributed by atoms with Crippen molar-refractivity contribution in [3.8, 4) is 0 Å². The quantitative estimate of drug-likeness (QED) is 0.0306. The van der Waals surface area contributed by atoms with Gasteiger partial charge in [0.25, 0.3) is 5.79 Å². The molecule has 9 aliphatic heterocycles. The zero-order valence-electron chi connectivity index (χ0n) is 64.2. The van der Waals surface area contributed by atoms with Crippen LogP contribution in [-0.4, -0.2) is 497 Å². The van der Waals surface area contributed by atoms with Crippen LogP contribution in [0.3, 0.4) is 0 Å². The first-order chi connectivity index (χ1) is 55.3. The Balaban J connectivity index is 0.912. The zero-order valence-corrected chi connectivity index (χ0v) is 64.2. The number of aliphatic hydroxyl groups excluding tert-OH is 27. The van der Waals surface area contributed by atoms with Gasteiger partial charge in [-0.3, -0.25) is 0 Å². The fourth-order valence-electron chi connectivity index (χ4n) is 16.5. The van der Waals surface area contributed by atoms with Crippen LogP contribution in [0.2, 0.25) is 0 Å². The van der Waals surface area contributed by atoms with Crippen molar-refractivity contribution < 1.29 is 233 Å². The van der Waals surface area contributed by atoms with E-state index in [4.69, 9.17) is 91.0 Å². The fourth-order valence-corrected chi connectivity index (χ4v) is 16.5. The predicted molar refractivity (Wildman–Crippen MR) is 368 cm³/mol. The second-order valence-corrected chi connectivity index (χ2v) is 31.8. The normalized spacial score (nSPS) is 52.1. The van der Waals surface area contributed by atoms with Crippen LogP contribution in [-0.2, 0) is 90.1 Å². The maximum Gasteiger partial charge on any atom is 0.364 e. The largest absolute Gasteiger partial charge is 0.477 e. The number of carbonyl (C=O) groups is 1. The van der Waals surface area contributed by atoms with Crippen molar-refractivity contribution >= 4 is 5.97 Å². The molecule has 9 heterocycles. The lowest BCUT2D eigenvalue weighted by molar-refractivity contribution is -0.403. The molecule has 0 radical (unpaired) electrons. The van der Waals surface area contributed by atoms with Gasteiger partial charge in [0.1, 0.15) is 177 Å². The third-order valence-corrected chi connectivity index (χ3v) is 24.2. The number of carboxylic acid groups (broad SMARTS) is 1. The Labute approximate surface area is 667 Å². The summed E-state index contributed by atoms with van der Waals surface area (Å²) in [5.74, 6) is -10.7. The van der Waals surface area contributed by atoms with Crippen molar-refractivity contribution in [2.24, 2.45) is 35.3 Å². The molecule has 0 spiro atoms. The first-order valence-corrected chi connectivity index (χ1v) is 38.9. The molecule has 48 nitrogen and oxygen atoms in total. The van der Waals surface area contributed by atoms with Gasteiger partial charge in [0, 0.05) is 42.6 Å². The third kappa shape index (κ3) is 20.1. The molecule has 20 unspecified atom stereocenters. The Morgan fingerprint density at radius 2 is 0.761 bits per heavy atom. The molecular weight excluding hydrogens is 1590 g/mol. The van der Waals surface area contributed by atoms with Crippen molar-refractivity contribution in [3.63, 3.8) is 0 Å². The maximum atomic E-state index is 13.1. The van der Waals surface area contributed by atoms with E-state index >= 15 is 0 Å². The number of hydrogen-bond donors (Lipinski definition) is 29. The second-order valence-electron chi connectivity index (χ2n) is 31.8. The molecule has 1 aliphatic carbocycles. The maximum absolute atomic E-state index is 13.1. The molecule has 117 heavy (non-hydrogen) atoms. The third-order valence-electron chi connectivity index (χ3n) is 24.2. The molecule has 0 aromatic carbocycles. The van der Waals surface area contributed by atoms with E-state index in [2.05, 4.69) is 0 Å². The number of rotatable bonds is 31. The zero-order chi connectivity index (χ0) is 86.2. The first kappa shape index (κ1) is 96.8. The van der Waals surface area contributed by atoms with E-state index in [1.807, 2.05) is 0 Å². The summed E-state index contributed by atoms with van der Waals surface area (Å²) in [5, 5.41) is 310. The molecule has 10 fully saturated rings. The number of nitrogens with two attached hydrogens (primary N) is 1. The van der Waals surface area contributed by atoms with Gasteiger partial charge >= 0.3 is 5.97 Å². The van der Waals surface area contributed by atoms with Crippen LogP contribution >= 0.6 is 0 Å². The number of aliphatic carboxylic acids is 1. The van der Waals surface area contributed by atoms with E-state index in [9.17, 15) is 148 Å². The van der Waals surface area contributed by atoms with E-state index in [-0.39, 0.29) is 6.42 Å². The highest BCUT2D eigenvalue weighted by molar-refractivity contribution is 5.76. The minimum atomic E-state index is -3.15. The lowest BCUT2D eigenvalue weighted by Gasteiger charge is -2.51. The molecular formula is C69H119NO47. The smallest absolute Gasteiger partial charge is 0.364 e. The summed E-state index contributed by atoms with van der Waals surface area (Å²) in [6.07, 6.45) is -83.5. The number of hydrogen-bond acceptors (Lipinski definition) is 47. The SMILES string of the molecule is CC1C(O)[C@H](O[C@@H]2OC(CO)[C@H](O)C(O)[C@@H]2O)[C@H](CO)C[C@H]1O[C@@H]1C(O)[C@H](O)C(CO)O[C@@H]1OCC1O[C@@H](O[C@@H]2C(CO)O[C@@H](O[C@@H]3C(CO)O[C@@H](C)[C@@H](C)C3O)[C@@H](C)C2O)C(O)C(O[C@H]2O[C@H](CO)[C@@H](O)C(O)C2O[C@@H]2OC(CO)[C@@H](O[C@@H]3OC(CO)[C@H](O)C(O[C@]4(C(=O)O)C[C@@H](O)[C@@H](N)C([C@H](O)[C@H](O)CO)O4)[C@@H]3O)C(O)[C@@H]2C)[C@@H]1O. The summed E-state index contributed by atoms with van der Waals surface area (Å²) >= 11 is 0. The molecule has 0 aromatic rings. The van der Waals surface area contributed by atoms with Crippen molar-refractivity contribution in [2.75, 3.05) is 66.1 Å². The Kier molecular flexibility index (Phi) is 34.3. The van der Waals surface area contributed by atoms with Crippen LogP contribution in [0, 0.1) is 29.6 Å². The lowest BCUT2D eigenvalue weighted by Crippen LogP contribution is -2.70. The summed E-state index contributed by atoms with van der Waals surface area (Å²) < 4.78 is 108. The van der Waals surface area contributed by atoms with Gasteiger partial charge in [0.2, 0.25) is 0 Å². The van der Waals surface area contributed by atoms with Gasteiger partial charge in [-0.2, -0.15) is 0 Å². The van der Waals surface area contributed by atoms with Crippen molar-refractivity contribution in [1.29, 1.82) is 0 Å². The van der Waals surface area contributed by atoms with Crippen LogP contribution in [0.5, 0.6) is 0 Å². The van der Waals surface area contributed by atoms with Crippen LogP contribution < -0.4 is 5.73 Å². The summed E-state index contributed by atoms with van der Waals surface area (Å²) in [7, 11) is 0. The van der Waals surface area contributed by atoms with Crippen molar-refractivity contribution in [3.05, 3.63) is 0 Å². The van der Waals surface area contributed by atoms with E-state index in [1.54, 1.807) is 13.8 Å². The molecule has 51 atom stereocenters.